The molecule has 1 aliphatic carbocycles. The molecule has 5 nitrogen and oxygen atoms in total. The Labute approximate surface area is 123 Å². The summed E-state index contributed by atoms with van der Waals surface area (Å²) >= 11 is 3.33. The summed E-state index contributed by atoms with van der Waals surface area (Å²) in [6.45, 7) is 0. The number of rotatable bonds is 3. The number of hydrogen-bond donors (Lipinski definition) is 2. The molecule has 3 rings (SSSR count). The van der Waals surface area contributed by atoms with Crippen molar-refractivity contribution < 1.29 is 24.5 Å². The van der Waals surface area contributed by atoms with Gasteiger partial charge in [0.25, 0.3) is 0 Å². The molecule has 1 atom stereocenters. The van der Waals surface area contributed by atoms with Crippen LogP contribution in [0.3, 0.4) is 0 Å². The lowest BCUT2D eigenvalue weighted by molar-refractivity contribution is 0.0694. The van der Waals surface area contributed by atoms with Crippen LogP contribution in [0.1, 0.15) is 28.8 Å². The van der Waals surface area contributed by atoms with Gasteiger partial charge in [0, 0.05) is 12.0 Å². The number of aromatic carboxylic acids is 1. The zero-order valence-corrected chi connectivity index (χ0v) is 12.3. The van der Waals surface area contributed by atoms with E-state index in [1.54, 1.807) is 6.07 Å². The van der Waals surface area contributed by atoms with Crippen LogP contribution < -0.4 is 9.47 Å². The largest absolute Gasteiger partial charge is 0.506 e. The maximum absolute atomic E-state index is 11.4. The van der Waals surface area contributed by atoms with Crippen molar-refractivity contribution in [2.45, 2.75) is 18.9 Å². The van der Waals surface area contributed by atoms with Gasteiger partial charge in [-0.1, -0.05) is 0 Å². The second-order valence-electron chi connectivity index (χ2n) is 4.93. The smallest absolute Gasteiger partial charge is 0.336 e. The summed E-state index contributed by atoms with van der Waals surface area (Å²) in [4.78, 5) is 11.4. The van der Waals surface area contributed by atoms with Crippen LogP contribution in [0.15, 0.2) is 16.6 Å². The van der Waals surface area contributed by atoms with Crippen molar-refractivity contribution >= 4 is 27.7 Å². The van der Waals surface area contributed by atoms with Gasteiger partial charge in [-0.05, 0) is 34.8 Å². The molecule has 1 aromatic carbocycles. The van der Waals surface area contributed by atoms with Crippen molar-refractivity contribution in [2.75, 3.05) is 7.11 Å². The number of methoxy groups -OCH3 is 1. The molecule has 0 radical (unpaired) electrons. The van der Waals surface area contributed by atoms with Crippen LogP contribution in [0.25, 0.3) is 5.76 Å². The fourth-order valence-electron chi connectivity index (χ4n) is 2.36. The fourth-order valence-corrected chi connectivity index (χ4v) is 3.02. The molecule has 0 bridgehead atoms. The van der Waals surface area contributed by atoms with E-state index < -0.39 is 5.97 Å². The predicted molar refractivity (Wildman–Crippen MR) is 75.6 cm³/mol. The summed E-state index contributed by atoms with van der Waals surface area (Å²) in [6, 6.07) is 2.98. The molecular formula is C14H13BrO5. The first-order valence-corrected chi connectivity index (χ1v) is 7.03. The highest BCUT2D eigenvalue weighted by molar-refractivity contribution is 9.11. The van der Waals surface area contributed by atoms with Gasteiger partial charge in [-0.3, -0.25) is 0 Å². The summed E-state index contributed by atoms with van der Waals surface area (Å²) < 4.78 is 11.5. The number of carbonyl (C=O) groups is 1. The average molecular weight is 341 g/mol. The van der Waals surface area contributed by atoms with E-state index in [0.717, 1.165) is 12.8 Å². The second-order valence-corrected chi connectivity index (χ2v) is 5.78. The number of aliphatic hydroxyl groups excluding tert-OH is 1. The van der Waals surface area contributed by atoms with Crippen LogP contribution in [0.2, 0.25) is 0 Å². The lowest BCUT2D eigenvalue weighted by atomic mass is 9.99. The number of fused-ring (bicyclic) bond motifs is 1. The van der Waals surface area contributed by atoms with Crippen molar-refractivity contribution in [3.8, 4) is 11.5 Å². The third kappa shape index (κ3) is 2.04. The highest BCUT2D eigenvalue weighted by Gasteiger charge is 2.40. The number of carboxylic acids is 1. The molecule has 20 heavy (non-hydrogen) atoms. The molecule has 1 saturated carbocycles. The first-order valence-electron chi connectivity index (χ1n) is 6.24. The van der Waals surface area contributed by atoms with E-state index in [-0.39, 0.29) is 23.0 Å². The summed E-state index contributed by atoms with van der Waals surface area (Å²) in [5.41, 5.74) is 0.158. The third-order valence-electron chi connectivity index (χ3n) is 3.56. The van der Waals surface area contributed by atoms with Crippen LogP contribution in [-0.2, 0) is 0 Å². The molecule has 1 fully saturated rings. The van der Waals surface area contributed by atoms with Gasteiger partial charge in [0.2, 0.25) is 0 Å². The maximum Gasteiger partial charge on any atom is 0.336 e. The van der Waals surface area contributed by atoms with E-state index in [2.05, 4.69) is 15.9 Å². The molecule has 6 heteroatoms. The average Bonchev–Trinajstić information content (AvgIpc) is 3.25. The molecule has 1 unspecified atom stereocenters. The Balaban J connectivity index is 2.18. The van der Waals surface area contributed by atoms with Gasteiger partial charge >= 0.3 is 5.97 Å². The fraction of sp³-hybridized carbons (Fsp3) is 0.357. The standard InChI is InChI=1S/C14H13BrO5/c1-19-7-4-8(14(17)18)10-9(5-7)20-13(6-2-3-6)11(15)12(10)16/h4-6,13,16H,2-3H2,1H3,(H,17,18). The first-order chi connectivity index (χ1) is 9.52. The van der Waals surface area contributed by atoms with E-state index in [0.29, 0.717) is 21.9 Å². The van der Waals surface area contributed by atoms with Gasteiger partial charge < -0.3 is 19.7 Å². The van der Waals surface area contributed by atoms with E-state index in [1.807, 2.05) is 0 Å². The highest BCUT2D eigenvalue weighted by atomic mass is 79.9. The third-order valence-corrected chi connectivity index (χ3v) is 4.39. The Bertz CT molecular complexity index is 618. The lowest BCUT2D eigenvalue weighted by Crippen LogP contribution is -2.25. The number of halogens is 1. The van der Waals surface area contributed by atoms with E-state index in [9.17, 15) is 15.0 Å². The van der Waals surface area contributed by atoms with Crippen molar-refractivity contribution in [1.29, 1.82) is 0 Å². The molecule has 1 aliphatic heterocycles. The Morgan fingerprint density at radius 3 is 2.70 bits per heavy atom. The lowest BCUT2D eigenvalue weighted by Gasteiger charge is -2.27. The van der Waals surface area contributed by atoms with Gasteiger partial charge in [0.05, 0.1) is 22.7 Å². The molecule has 2 N–H and O–H groups in total. The Kier molecular flexibility index (Phi) is 3.12. The molecule has 2 aliphatic rings. The van der Waals surface area contributed by atoms with Crippen LogP contribution in [0.5, 0.6) is 11.5 Å². The quantitative estimate of drug-likeness (QED) is 0.883. The van der Waals surface area contributed by atoms with E-state index in [1.165, 1.54) is 13.2 Å². The molecule has 0 saturated heterocycles. The number of benzene rings is 1. The Morgan fingerprint density at radius 2 is 2.15 bits per heavy atom. The summed E-state index contributed by atoms with van der Waals surface area (Å²) in [5.74, 6) is -0.108. The van der Waals surface area contributed by atoms with Crippen LogP contribution in [0, 0.1) is 5.92 Å². The molecule has 1 heterocycles. The van der Waals surface area contributed by atoms with Crippen molar-refractivity contribution in [1.82, 2.24) is 0 Å². The number of hydrogen-bond acceptors (Lipinski definition) is 4. The minimum atomic E-state index is -1.14. The Morgan fingerprint density at radius 1 is 1.45 bits per heavy atom. The molecule has 106 valence electrons. The highest BCUT2D eigenvalue weighted by Crippen LogP contribution is 2.47. The monoisotopic (exact) mass is 340 g/mol. The minimum Gasteiger partial charge on any atom is -0.506 e. The van der Waals surface area contributed by atoms with Gasteiger partial charge in [0.15, 0.2) is 0 Å². The maximum atomic E-state index is 11.4. The summed E-state index contributed by atoms with van der Waals surface area (Å²) in [6.07, 6.45) is 1.83. The molecule has 1 aromatic rings. The zero-order chi connectivity index (χ0) is 14.4. The van der Waals surface area contributed by atoms with Gasteiger partial charge in [-0.25, -0.2) is 4.79 Å². The zero-order valence-electron chi connectivity index (χ0n) is 10.7. The van der Waals surface area contributed by atoms with Crippen LogP contribution >= 0.6 is 15.9 Å². The predicted octanol–water partition coefficient (Wildman–Crippen LogP) is 3.19. The van der Waals surface area contributed by atoms with Crippen LogP contribution in [-0.4, -0.2) is 29.4 Å². The van der Waals surface area contributed by atoms with E-state index in [4.69, 9.17) is 9.47 Å². The topological polar surface area (TPSA) is 76.0 Å². The molecule has 0 spiro atoms. The summed E-state index contributed by atoms with van der Waals surface area (Å²) in [5, 5.41) is 19.6. The van der Waals surface area contributed by atoms with Crippen molar-refractivity contribution in [3.63, 3.8) is 0 Å². The number of ether oxygens (including phenoxy) is 2. The molecule has 0 amide bonds. The normalized spacial score (nSPS) is 21.2. The van der Waals surface area contributed by atoms with Gasteiger partial charge in [-0.2, -0.15) is 0 Å². The molecule has 0 aromatic heterocycles. The summed E-state index contributed by atoms with van der Waals surface area (Å²) in [7, 11) is 1.46. The van der Waals surface area contributed by atoms with Crippen LogP contribution in [0.4, 0.5) is 0 Å². The SMILES string of the molecule is COc1cc2c(c(C(=O)O)c1)C(O)=C(Br)C(C1CC1)O2. The molecular weight excluding hydrogens is 328 g/mol. The number of aliphatic hydroxyl groups is 1. The Hall–Kier alpha value is -1.69. The van der Waals surface area contributed by atoms with Crippen molar-refractivity contribution in [3.05, 3.63) is 27.7 Å². The van der Waals surface area contributed by atoms with Crippen molar-refractivity contribution in [2.24, 2.45) is 5.92 Å². The van der Waals surface area contributed by atoms with E-state index >= 15 is 0 Å². The van der Waals surface area contributed by atoms with Gasteiger partial charge in [-0.15, -0.1) is 0 Å². The minimum absolute atomic E-state index is 0.0388. The first kappa shape index (κ1) is 13.3. The second kappa shape index (κ2) is 4.70. The van der Waals surface area contributed by atoms with Gasteiger partial charge in [0.1, 0.15) is 23.4 Å². The number of carboxylic acid groups (broad SMARTS) is 1.